The third kappa shape index (κ3) is 3.41. The predicted molar refractivity (Wildman–Crippen MR) is 113 cm³/mol. The van der Waals surface area contributed by atoms with Crippen LogP contribution in [-0.4, -0.2) is 66.4 Å². The number of H-pyrrole nitrogens is 1. The SMILES string of the molecule is COc1ccccc1-c1ccc(N2CC(N(C)S(=O)(=O)c3c(C)n[nH]c3C)C2)nn1. The Morgan fingerprint density at radius 1 is 1.13 bits per heavy atom. The van der Waals surface area contributed by atoms with Gasteiger partial charge in [-0.1, -0.05) is 12.1 Å². The summed E-state index contributed by atoms with van der Waals surface area (Å²) in [4.78, 5) is 2.26. The predicted octanol–water partition coefficient (Wildman–Crippen LogP) is 2.00. The summed E-state index contributed by atoms with van der Waals surface area (Å²) in [6.45, 7) is 4.51. The van der Waals surface area contributed by atoms with Gasteiger partial charge in [-0.3, -0.25) is 5.10 Å². The minimum Gasteiger partial charge on any atom is -0.496 e. The highest BCUT2D eigenvalue weighted by molar-refractivity contribution is 7.89. The number of likely N-dealkylation sites (N-methyl/N-ethyl adjacent to an activating group) is 1. The van der Waals surface area contributed by atoms with Crippen LogP contribution in [0.1, 0.15) is 11.4 Å². The first-order valence-corrected chi connectivity index (χ1v) is 11.0. The molecule has 1 fully saturated rings. The zero-order chi connectivity index (χ0) is 21.5. The van der Waals surface area contributed by atoms with Crippen molar-refractivity contribution in [3.05, 3.63) is 47.8 Å². The van der Waals surface area contributed by atoms with E-state index in [0.717, 1.165) is 17.0 Å². The average molecular weight is 429 g/mol. The summed E-state index contributed by atoms with van der Waals surface area (Å²) in [5.74, 6) is 1.45. The van der Waals surface area contributed by atoms with Crippen LogP contribution in [0.15, 0.2) is 41.3 Å². The second-order valence-electron chi connectivity index (χ2n) is 7.32. The van der Waals surface area contributed by atoms with Crippen molar-refractivity contribution in [3.63, 3.8) is 0 Å². The number of benzene rings is 1. The molecule has 30 heavy (non-hydrogen) atoms. The van der Waals surface area contributed by atoms with E-state index in [9.17, 15) is 8.42 Å². The monoisotopic (exact) mass is 428 g/mol. The molecule has 0 radical (unpaired) electrons. The Balaban J connectivity index is 1.45. The van der Waals surface area contributed by atoms with Crippen molar-refractivity contribution in [2.45, 2.75) is 24.8 Å². The number of para-hydroxylation sites is 1. The third-order valence-corrected chi connectivity index (χ3v) is 7.61. The van der Waals surface area contributed by atoms with E-state index in [0.29, 0.717) is 30.3 Å². The van der Waals surface area contributed by atoms with Crippen molar-refractivity contribution < 1.29 is 13.2 Å². The molecule has 0 amide bonds. The molecule has 0 unspecified atom stereocenters. The Kier molecular flexibility index (Phi) is 5.20. The number of anilines is 1. The van der Waals surface area contributed by atoms with Crippen LogP contribution in [0.5, 0.6) is 5.75 Å². The number of ether oxygens (including phenoxy) is 1. The van der Waals surface area contributed by atoms with E-state index in [4.69, 9.17) is 4.74 Å². The highest BCUT2D eigenvalue weighted by Gasteiger charge is 2.39. The fourth-order valence-electron chi connectivity index (χ4n) is 3.63. The molecule has 4 rings (SSSR count). The molecular weight excluding hydrogens is 404 g/mol. The van der Waals surface area contributed by atoms with Crippen LogP contribution < -0.4 is 9.64 Å². The quantitative estimate of drug-likeness (QED) is 0.640. The fraction of sp³-hybridized carbons (Fsp3) is 0.350. The topological polar surface area (TPSA) is 104 Å². The molecular formula is C20H24N6O3S. The minimum atomic E-state index is -3.61. The van der Waals surface area contributed by atoms with Crippen LogP contribution in [0.4, 0.5) is 5.82 Å². The van der Waals surface area contributed by atoms with Gasteiger partial charge in [0, 0.05) is 25.7 Å². The fourth-order valence-corrected chi connectivity index (χ4v) is 5.29. The molecule has 0 saturated carbocycles. The van der Waals surface area contributed by atoms with E-state index in [-0.39, 0.29) is 10.9 Å². The number of nitrogens with zero attached hydrogens (tertiary/aromatic N) is 5. The van der Waals surface area contributed by atoms with Crippen molar-refractivity contribution in [1.82, 2.24) is 24.7 Å². The van der Waals surface area contributed by atoms with E-state index >= 15 is 0 Å². The van der Waals surface area contributed by atoms with Crippen molar-refractivity contribution in [2.75, 3.05) is 32.1 Å². The first-order valence-electron chi connectivity index (χ1n) is 9.54. The van der Waals surface area contributed by atoms with Gasteiger partial charge in [0.05, 0.1) is 30.2 Å². The molecule has 9 nitrogen and oxygen atoms in total. The maximum absolute atomic E-state index is 13.0. The number of aromatic amines is 1. The second-order valence-corrected chi connectivity index (χ2v) is 9.25. The molecule has 3 aromatic rings. The Morgan fingerprint density at radius 2 is 1.87 bits per heavy atom. The number of methoxy groups -OCH3 is 1. The van der Waals surface area contributed by atoms with Gasteiger partial charge in [0.15, 0.2) is 5.82 Å². The lowest BCUT2D eigenvalue weighted by Crippen LogP contribution is -2.60. The van der Waals surface area contributed by atoms with Gasteiger partial charge in [0.25, 0.3) is 0 Å². The molecule has 1 N–H and O–H groups in total. The van der Waals surface area contributed by atoms with Crippen molar-refractivity contribution >= 4 is 15.8 Å². The van der Waals surface area contributed by atoms with Gasteiger partial charge >= 0.3 is 0 Å². The molecule has 1 aromatic carbocycles. The zero-order valence-corrected chi connectivity index (χ0v) is 18.1. The summed E-state index contributed by atoms with van der Waals surface area (Å²) in [6, 6.07) is 11.3. The first-order chi connectivity index (χ1) is 14.3. The Bertz CT molecular complexity index is 1130. The molecule has 3 heterocycles. The lowest BCUT2D eigenvalue weighted by Gasteiger charge is -2.43. The molecule has 0 atom stereocenters. The summed E-state index contributed by atoms with van der Waals surface area (Å²) >= 11 is 0. The molecule has 0 bridgehead atoms. The third-order valence-electron chi connectivity index (χ3n) is 5.43. The van der Waals surface area contributed by atoms with E-state index in [1.807, 2.05) is 41.3 Å². The largest absolute Gasteiger partial charge is 0.496 e. The Labute approximate surface area is 175 Å². The van der Waals surface area contributed by atoms with Crippen LogP contribution >= 0.6 is 0 Å². The lowest BCUT2D eigenvalue weighted by molar-refractivity contribution is 0.309. The number of nitrogens with one attached hydrogen (secondary N) is 1. The summed E-state index contributed by atoms with van der Waals surface area (Å²) in [6.07, 6.45) is 0. The van der Waals surface area contributed by atoms with Crippen LogP contribution in [-0.2, 0) is 10.0 Å². The first kappa shape index (κ1) is 20.3. The van der Waals surface area contributed by atoms with Gasteiger partial charge in [-0.2, -0.15) is 9.40 Å². The molecule has 158 valence electrons. The zero-order valence-electron chi connectivity index (χ0n) is 17.3. The highest BCUT2D eigenvalue weighted by Crippen LogP contribution is 2.30. The Morgan fingerprint density at radius 3 is 2.47 bits per heavy atom. The van der Waals surface area contributed by atoms with E-state index < -0.39 is 10.0 Å². The van der Waals surface area contributed by atoms with E-state index in [2.05, 4.69) is 20.4 Å². The summed E-state index contributed by atoms with van der Waals surface area (Å²) in [7, 11) is -0.376. The summed E-state index contributed by atoms with van der Waals surface area (Å²) in [5.41, 5.74) is 2.62. The number of hydrogen-bond donors (Lipinski definition) is 1. The molecule has 2 aromatic heterocycles. The normalized spacial score (nSPS) is 14.8. The maximum Gasteiger partial charge on any atom is 0.246 e. The van der Waals surface area contributed by atoms with Crippen LogP contribution in [0, 0.1) is 13.8 Å². The minimum absolute atomic E-state index is 0.139. The standard InChI is InChI=1S/C20H24N6O3S/c1-13-20(14(2)22-21-13)30(27,28)25(3)15-11-26(12-15)19-10-9-17(23-24-19)16-7-5-6-8-18(16)29-4/h5-10,15H,11-12H2,1-4H3,(H,21,22). The number of rotatable bonds is 6. The lowest BCUT2D eigenvalue weighted by atomic mass is 10.1. The molecule has 10 heteroatoms. The number of hydrogen-bond acceptors (Lipinski definition) is 7. The van der Waals surface area contributed by atoms with Crippen LogP contribution in [0.25, 0.3) is 11.3 Å². The Hall–Kier alpha value is -2.98. The van der Waals surface area contributed by atoms with Gasteiger partial charge in [-0.05, 0) is 38.1 Å². The van der Waals surface area contributed by atoms with Crippen molar-refractivity contribution in [3.8, 4) is 17.0 Å². The molecule has 1 aliphatic heterocycles. The van der Waals surface area contributed by atoms with Gasteiger partial charge in [-0.15, -0.1) is 10.2 Å². The van der Waals surface area contributed by atoms with E-state index in [1.54, 1.807) is 28.0 Å². The second kappa shape index (κ2) is 7.69. The highest BCUT2D eigenvalue weighted by atomic mass is 32.2. The van der Waals surface area contributed by atoms with E-state index in [1.165, 1.54) is 4.31 Å². The summed E-state index contributed by atoms with van der Waals surface area (Å²) < 4.78 is 32.8. The molecule has 0 aliphatic carbocycles. The maximum atomic E-state index is 13.0. The van der Waals surface area contributed by atoms with Crippen molar-refractivity contribution in [1.29, 1.82) is 0 Å². The van der Waals surface area contributed by atoms with Gasteiger partial charge in [0.2, 0.25) is 10.0 Å². The molecule has 1 saturated heterocycles. The van der Waals surface area contributed by atoms with Gasteiger partial charge < -0.3 is 9.64 Å². The number of aromatic nitrogens is 4. The average Bonchev–Trinajstić information content (AvgIpc) is 3.06. The number of aryl methyl sites for hydroxylation is 2. The summed E-state index contributed by atoms with van der Waals surface area (Å²) in [5, 5.41) is 15.4. The van der Waals surface area contributed by atoms with Crippen LogP contribution in [0.2, 0.25) is 0 Å². The van der Waals surface area contributed by atoms with Crippen molar-refractivity contribution in [2.24, 2.45) is 0 Å². The van der Waals surface area contributed by atoms with Crippen LogP contribution in [0.3, 0.4) is 0 Å². The number of sulfonamides is 1. The molecule has 1 aliphatic rings. The van der Waals surface area contributed by atoms with Gasteiger partial charge in [-0.25, -0.2) is 8.42 Å². The molecule has 0 spiro atoms. The smallest absolute Gasteiger partial charge is 0.246 e. The van der Waals surface area contributed by atoms with Gasteiger partial charge in [0.1, 0.15) is 10.6 Å².